The van der Waals surface area contributed by atoms with Gasteiger partial charge in [0.05, 0.1) is 22.6 Å². The molecule has 0 unspecified atom stereocenters. The summed E-state index contributed by atoms with van der Waals surface area (Å²) in [5, 5.41) is 6.06. The molecular weight excluding hydrogens is 783 g/mol. The first-order chi connectivity index (χ1) is 31.2. The van der Waals surface area contributed by atoms with Gasteiger partial charge in [0.25, 0.3) is 0 Å². The number of thiophene rings is 1. The molecule has 0 saturated heterocycles. The van der Waals surface area contributed by atoms with Crippen LogP contribution in [-0.4, -0.2) is 15.0 Å². The normalized spacial score (nSPS) is 11.5. The fraction of sp³-hybridized carbons (Fsp3) is 0. The molecule has 0 radical (unpaired) electrons. The Balaban J connectivity index is 0.969. The van der Waals surface area contributed by atoms with E-state index in [0.29, 0.717) is 5.82 Å². The summed E-state index contributed by atoms with van der Waals surface area (Å²) in [6.45, 7) is 0. The number of hydrogen-bond donors (Lipinski definition) is 0. The van der Waals surface area contributed by atoms with Crippen molar-refractivity contribution in [2.75, 3.05) is 0 Å². The molecule has 0 aliphatic rings. The van der Waals surface area contributed by atoms with Crippen LogP contribution >= 0.6 is 11.3 Å². The van der Waals surface area contributed by atoms with Gasteiger partial charge in [0.2, 0.25) is 0 Å². The number of pyridine rings is 1. The van der Waals surface area contributed by atoms with Crippen LogP contribution < -0.4 is 0 Å². The van der Waals surface area contributed by atoms with Gasteiger partial charge in [0, 0.05) is 58.6 Å². The molecule has 0 aliphatic carbocycles. The molecule has 0 saturated carbocycles. The van der Waals surface area contributed by atoms with Crippen LogP contribution in [0.1, 0.15) is 0 Å². The first-order valence-electron chi connectivity index (χ1n) is 21.3. The molecular formula is C59H37N3S. The average Bonchev–Trinajstić information content (AvgIpc) is 3.76. The van der Waals surface area contributed by atoms with E-state index in [-0.39, 0.29) is 0 Å². The number of aromatic nitrogens is 3. The van der Waals surface area contributed by atoms with Crippen molar-refractivity contribution in [3.05, 3.63) is 224 Å². The first kappa shape index (κ1) is 36.8. The number of rotatable bonds is 7. The lowest BCUT2D eigenvalue weighted by molar-refractivity contribution is 1.18. The van der Waals surface area contributed by atoms with Gasteiger partial charge in [-0.2, -0.15) is 0 Å². The van der Waals surface area contributed by atoms with Crippen LogP contribution in [0.4, 0.5) is 0 Å². The molecule has 0 N–H and O–H groups in total. The third-order valence-electron chi connectivity index (χ3n) is 12.1. The zero-order valence-electron chi connectivity index (χ0n) is 34.1. The van der Waals surface area contributed by atoms with Crippen molar-refractivity contribution in [2.24, 2.45) is 0 Å². The standard InChI is InChI=1S/C59H37N3S/c1-4-15-38(16-5-1)46-24-13-27-50-56(46)51-36-44(33-34-52(51)60-57(50)41-17-6-2-7-18-41)43-21-12-22-45(35-43)54-37-53(61-59(62-54)42-19-8-3-9-20-42)40-31-29-39(30-32-40)47-25-14-26-49-48-23-10-11-28-55(48)63-58(47)49/h1-37H. The number of hydrogen-bond acceptors (Lipinski definition) is 4. The molecule has 4 heteroatoms. The van der Waals surface area contributed by atoms with Crippen LogP contribution in [0, 0.1) is 0 Å². The summed E-state index contributed by atoms with van der Waals surface area (Å²) in [6, 6.07) is 79.7. The second kappa shape index (κ2) is 15.4. The van der Waals surface area contributed by atoms with Gasteiger partial charge < -0.3 is 0 Å². The maximum Gasteiger partial charge on any atom is 0.160 e. The third-order valence-corrected chi connectivity index (χ3v) is 13.3. The quantitative estimate of drug-likeness (QED) is 0.150. The van der Waals surface area contributed by atoms with E-state index in [1.54, 1.807) is 0 Å². The van der Waals surface area contributed by atoms with Gasteiger partial charge in [-0.15, -0.1) is 11.3 Å². The van der Waals surface area contributed by atoms with E-state index in [0.717, 1.165) is 66.8 Å². The fourth-order valence-electron chi connectivity index (χ4n) is 9.02. The van der Waals surface area contributed by atoms with Crippen molar-refractivity contribution in [3.8, 4) is 78.5 Å². The summed E-state index contributed by atoms with van der Waals surface area (Å²) in [6.07, 6.45) is 0. The molecule has 0 amide bonds. The van der Waals surface area contributed by atoms with Crippen LogP contribution in [0.3, 0.4) is 0 Å². The third kappa shape index (κ3) is 6.65. The van der Waals surface area contributed by atoms with E-state index in [4.69, 9.17) is 15.0 Å². The van der Waals surface area contributed by atoms with Crippen molar-refractivity contribution in [3.63, 3.8) is 0 Å². The highest BCUT2D eigenvalue weighted by Crippen LogP contribution is 2.42. The monoisotopic (exact) mass is 819 g/mol. The van der Waals surface area contributed by atoms with E-state index in [1.165, 1.54) is 47.8 Å². The number of nitrogens with zero attached hydrogens (tertiary/aromatic N) is 3. The minimum Gasteiger partial charge on any atom is -0.247 e. The van der Waals surface area contributed by atoms with E-state index < -0.39 is 0 Å². The van der Waals surface area contributed by atoms with Crippen LogP contribution in [0.15, 0.2) is 224 Å². The lowest BCUT2D eigenvalue weighted by Crippen LogP contribution is -1.96. The summed E-state index contributed by atoms with van der Waals surface area (Å²) >= 11 is 1.86. The predicted octanol–water partition coefficient (Wildman–Crippen LogP) is 16.2. The molecule has 3 aromatic heterocycles. The summed E-state index contributed by atoms with van der Waals surface area (Å²) in [4.78, 5) is 15.7. The lowest BCUT2D eigenvalue weighted by Gasteiger charge is -2.15. The van der Waals surface area contributed by atoms with Crippen LogP contribution in [0.5, 0.6) is 0 Å². The highest BCUT2D eigenvalue weighted by molar-refractivity contribution is 7.26. The smallest absolute Gasteiger partial charge is 0.160 e. The lowest BCUT2D eigenvalue weighted by atomic mass is 9.91. The van der Waals surface area contributed by atoms with Gasteiger partial charge in [-0.3, -0.25) is 0 Å². The topological polar surface area (TPSA) is 38.7 Å². The SMILES string of the molecule is c1ccc(-c2nc(-c3ccc(-c4cccc5c4sc4ccccc45)cc3)cc(-c3cccc(-c4ccc5nc(-c6ccccc6)c6cccc(-c7ccccc7)c6c5c4)c3)n2)cc1. The summed E-state index contributed by atoms with van der Waals surface area (Å²) in [5.74, 6) is 0.693. The molecule has 0 aliphatic heterocycles. The molecule has 12 aromatic rings. The molecule has 0 spiro atoms. The Labute approximate surface area is 369 Å². The predicted molar refractivity (Wildman–Crippen MR) is 266 cm³/mol. The molecule has 9 aromatic carbocycles. The largest absolute Gasteiger partial charge is 0.247 e. The molecule has 3 heterocycles. The molecule has 12 rings (SSSR count). The average molecular weight is 820 g/mol. The van der Waals surface area contributed by atoms with E-state index in [1.807, 2.05) is 29.5 Å². The Morgan fingerprint density at radius 3 is 1.62 bits per heavy atom. The van der Waals surface area contributed by atoms with Gasteiger partial charge in [-0.1, -0.05) is 194 Å². The van der Waals surface area contributed by atoms with Gasteiger partial charge >= 0.3 is 0 Å². The molecule has 63 heavy (non-hydrogen) atoms. The van der Waals surface area contributed by atoms with Gasteiger partial charge in [-0.05, 0) is 63.7 Å². The van der Waals surface area contributed by atoms with E-state index in [2.05, 4.69) is 206 Å². The summed E-state index contributed by atoms with van der Waals surface area (Å²) in [7, 11) is 0. The van der Waals surface area contributed by atoms with E-state index in [9.17, 15) is 0 Å². The number of fused-ring (bicyclic) bond motifs is 6. The molecule has 3 nitrogen and oxygen atoms in total. The minimum atomic E-state index is 0.693. The minimum absolute atomic E-state index is 0.693. The van der Waals surface area contributed by atoms with E-state index >= 15 is 0 Å². The molecule has 0 atom stereocenters. The highest BCUT2D eigenvalue weighted by Gasteiger charge is 2.17. The molecule has 0 fully saturated rings. The van der Waals surface area contributed by atoms with Crippen molar-refractivity contribution >= 4 is 53.2 Å². The van der Waals surface area contributed by atoms with Gasteiger partial charge in [0.15, 0.2) is 5.82 Å². The summed E-state index contributed by atoms with van der Waals surface area (Å²) in [5.41, 5.74) is 14.9. The Morgan fingerprint density at radius 2 is 0.841 bits per heavy atom. The molecule has 0 bridgehead atoms. The van der Waals surface area contributed by atoms with Gasteiger partial charge in [-0.25, -0.2) is 15.0 Å². The Hall–Kier alpha value is -8.05. The Kier molecular flexibility index (Phi) is 9.02. The first-order valence-corrected chi connectivity index (χ1v) is 22.1. The number of benzene rings is 9. The second-order valence-corrected chi connectivity index (χ2v) is 17.0. The second-order valence-electron chi connectivity index (χ2n) is 15.9. The maximum absolute atomic E-state index is 5.31. The zero-order chi connectivity index (χ0) is 41.7. The van der Waals surface area contributed by atoms with Crippen molar-refractivity contribution in [1.82, 2.24) is 15.0 Å². The van der Waals surface area contributed by atoms with Crippen LogP contribution in [-0.2, 0) is 0 Å². The summed E-state index contributed by atoms with van der Waals surface area (Å²) < 4.78 is 2.62. The zero-order valence-corrected chi connectivity index (χ0v) is 34.9. The fourth-order valence-corrected chi connectivity index (χ4v) is 10.3. The highest BCUT2D eigenvalue weighted by atomic mass is 32.1. The Morgan fingerprint density at radius 1 is 0.302 bits per heavy atom. The Bertz CT molecular complexity index is 3650. The molecule has 294 valence electrons. The van der Waals surface area contributed by atoms with Crippen LogP contribution in [0.2, 0.25) is 0 Å². The van der Waals surface area contributed by atoms with Crippen molar-refractivity contribution in [2.45, 2.75) is 0 Å². The van der Waals surface area contributed by atoms with Crippen molar-refractivity contribution in [1.29, 1.82) is 0 Å². The maximum atomic E-state index is 5.31. The van der Waals surface area contributed by atoms with Crippen molar-refractivity contribution < 1.29 is 0 Å². The van der Waals surface area contributed by atoms with Gasteiger partial charge in [0.1, 0.15) is 0 Å². The van der Waals surface area contributed by atoms with Crippen LogP contribution in [0.25, 0.3) is 120 Å².